The number of carbonyl (C=O) groups excluding carboxylic acids is 1. The van der Waals surface area contributed by atoms with Crippen molar-refractivity contribution in [2.24, 2.45) is 0 Å². The largest absolute Gasteiger partial charge is 0.497 e. The van der Waals surface area contributed by atoms with Crippen LogP contribution < -0.4 is 19.5 Å². The molecule has 0 aromatic heterocycles. The number of benzene rings is 2. The SMILES string of the molecule is COc1cccc(OCCNC(=O)COc2ccc(C)cc2)c1. The second-order valence-corrected chi connectivity index (χ2v) is 4.98. The smallest absolute Gasteiger partial charge is 0.258 e. The summed E-state index contributed by atoms with van der Waals surface area (Å²) in [5.41, 5.74) is 1.15. The second kappa shape index (κ2) is 8.68. The van der Waals surface area contributed by atoms with Crippen LogP contribution in [0.3, 0.4) is 0 Å². The molecule has 0 saturated carbocycles. The fraction of sp³-hybridized carbons (Fsp3) is 0.278. The molecule has 1 N–H and O–H groups in total. The molecule has 122 valence electrons. The fourth-order valence-corrected chi connectivity index (χ4v) is 1.88. The number of methoxy groups -OCH3 is 1. The van der Waals surface area contributed by atoms with Crippen molar-refractivity contribution in [2.45, 2.75) is 6.92 Å². The molecule has 0 radical (unpaired) electrons. The lowest BCUT2D eigenvalue weighted by atomic mass is 10.2. The maximum atomic E-state index is 11.7. The standard InChI is InChI=1S/C18H21NO4/c1-14-6-8-15(9-7-14)23-13-18(20)19-10-11-22-17-5-3-4-16(12-17)21-2/h3-9,12H,10-11,13H2,1-2H3,(H,19,20). The molecule has 0 unspecified atom stereocenters. The molecule has 5 nitrogen and oxygen atoms in total. The van der Waals surface area contributed by atoms with Crippen LogP contribution in [0.15, 0.2) is 48.5 Å². The van der Waals surface area contributed by atoms with Gasteiger partial charge < -0.3 is 19.5 Å². The lowest BCUT2D eigenvalue weighted by molar-refractivity contribution is -0.123. The maximum absolute atomic E-state index is 11.7. The van der Waals surface area contributed by atoms with Gasteiger partial charge in [0.15, 0.2) is 6.61 Å². The van der Waals surface area contributed by atoms with Crippen LogP contribution in [0.4, 0.5) is 0 Å². The summed E-state index contributed by atoms with van der Waals surface area (Å²) in [6.45, 7) is 2.78. The predicted molar refractivity (Wildman–Crippen MR) is 88.2 cm³/mol. The highest BCUT2D eigenvalue weighted by Gasteiger charge is 2.03. The number of hydrogen-bond acceptors (Lipinski definition) is 4. The number of ether oxygens (including phenoxy) is 3. The average molecular weight is 315 g/mol. The molecule has 0 spiro atoms. The first kappa shape index (κ1) is 16.7. The van der Waals surface area contributed by atoms with Gasteiger partial charge in [-0.25, -0.2) is 0 Å². The number of nitrogens with one attached hydrogen (secondary N) is 1. The van der Waals surface area contributed by atoms with Crippen LogP contribution in [0, 0.1) is 6.92 Å². The summed E-state index contributed by atoms with van der Waals surface area (Å²) in [5, 5.41) is 2.74. The van der Waals surface area contributed by atoms with Crippen LogP contribution in [0.25, 0.3) is 0 Å². The van der Waals surface area contributed by atoms with Crippen molar-refractivity contribution in [3.8, 4) is 17.2 Å². The lowest BCUT2D eigenvalue weighted by Crippen LogP contribution is -2.32. The summed E-state index contributed by atoms with van der Waals surface area (Å²) in [6, 6.07) is 14.9. The third kappa shape index (κ3) is 5.90. The Morgan fingerprint density at radius 2 is 1.74 bits per heavy atom. The summed E-state index contributed by atoms with van der Waals surface area (Å²) in [5.74, 6) is 1.94. The minimum absolute atomic E-state index is 0.0117. The summed E-state index contributed by atoms with van der Waals surface area (Å²) in [7, 11) is 1.60. The molecule has 23 heavy (non-hydrogen) atoms. The van der Waals surface area contributed by atoms with Crippen LogP contribution in [0.2, 0.25) is 0 Å². The number of amides is 1. The molecule has 1 amide bonds. The van der Waals surface area contributed by atoms with E-state index < -0.39 is 0 Å². The minimum atomic E-state index is -0.181. The highest BCUT2D eigenvalue weighted by molar-refractivity contribution is 5.77. The van der Waals surface area contributed by atoms with Crippen LogP contribution in [0.1, 0.15) is 5.56 Å². The Kier molecular flexibility index (Phi) is 6.29. The van der Waals surface area contributed by atoms with E-state index in [0.717, 1.165) is 11.3 Å². The van der Waals surface area contributed by atoms with Crippen molar-refractivity contribution in [1.29, 1.82) is 0 Å². The van der Waals surface area contributed by atoms with E-state index in [2.05, 4.69) is 5.32 Å². The van der Waals surface area contributed by atoms with Gasteiger partial charge in [0.2, 0.25) is 0 Å². The first-order valence-corrected chi connectivity index (χ1v) is 7.40. The van der Waals surface area contributed by atoms with Crippen LogP contribution in [0.5, 0.6) is 17.2 Å². The van der Waals surface area contributed by atoms with Crippen molar-refractivity contribution in [3.63, 3.8) is 0 Å². The third-order valence-corrected chi connectivity index (χ3v) is 3.13. The number of hydrogen-bond donors (Lipinski definition) is 1. The lowest BCUT2D eigenvalue weighted by Gasteiger charge is -2.09. The molecular weight excluding hydrogens is 294 g/mol. The second-order valence-electron chi connectivity index (χ2n) is 4.98. The minimum Gasteiger partial charge on any atom is -0.497 e. The van der Waals surface area contributed by atoms with Gasteiger partial charge in [0.25, 0.3) is 5.91 Å². The Balaban J connectivity index is 1.63. The van der Waals surface area contributed by atoms with Crippen molar-refractivity contribution in [2.75, 3.05) is 26.9 Å². The zero-order valence-electron chi connectivity index (χ0n) is 13.4. The van der Waals surface area contributed by atoms with Gasteiger partial charge >= 0.3 is 0 Å². The van der Waals surface area contributed by atoms with Gasteiger partial charge in [0, 0.05) is 6.07 Å². The zero-order valence-corrected chi connectivity index (χ0v) is 13.4. The van der Waals surface area contributed by atoms with Crippen LogP contribution in [-0.4, -0.2) is 32.8 Å². The first-order valence-electron chi connectivity index (χ1n) is 7.40. The molecule has 0 atom stereocenters. The van der Waals surface area contributed by atoms with E-state index in [-0.39, 0.29) is 12.5 Å². The van der Waals surface area contributed by atoms with E-state index in [9.17, 15) is 4.79 Å². The Morgan fingerprint density at radius 1 is 1.00 bits per heavy atom. The molecular formula is C18H21NO4. The van der Waals surface area contributed by atoms with E-state index in [1.165, 1.54) is 0 Å². The first-order chi connectivity index (χ1) is 11.2. The van der Waals surface area contributed by atoms with Crippen LogP contribution >= 0.6 is 0 Å². The summed E-state index contributed by atoms with van der Waals surface area (Å²) in [6.07, 6.45) is 0. The fourth-order valence-electron chi connectivity index (χ4n) is 1.88. The van der Waals surface area contributed by atoms with Gasteiger partial charge in [-0.3, -0.25) is 4.79 Å². The van der Waals surface area contributed by atoms with Gasteiger partial charge in [0.05, 0.1) is 13.7 Å². The molecule has 0 aliphatic heterocycles. The van der Waals surface area contributed by atoms with Gasteiger partial charge in [0.1, 0.15) is 23.9 Å². The van der Waals surface area contributed by atoms with Crippen molar-refractivity contribution >= 4 is 5.91 Å². The summed E-state index contributed by atoms with van der Waals surface area (Å²) < 4.78 is 16.1. The Morgan fingerprint density at radius 3 is 2.48 bits per heavy atom. The topological polar surface area (TPSA) is 56.8 Å². The third-order valence-electron chi connectivity index (χ3n) is 3.13. The molecule has 0 bridgehead atoms. The Hall–Kier alpha value is -2.69. The maximum Gasteiger partial charge on any atom is 0.258 e. The van der Waals surface area contributed by atoms with Gasteiger partial charge in [-0.05, 0) is 31.2 Å². The molecule has 0 aliphatic carbocycles. The van der Waals surface area contributed by atoms with Crippen molar-refractivity contribution in [1.82, 2.24) is 5.32 Å². The van der Waals surface area contributed by atoms with Crippen molar-refractivity contribution < 1.29 is 19.0 Å². The summed E-state index contributed by atoms with van der Waals surface area (Å²) in [4.78, 5) is 11.7. The number of carbonyl (C=O) groups is 1. The van der Waals surface area contributed by atoms with E-state index in [4.69, 9.17) is 14.2 Å². The quantitative estimate of drug-likeness (QED) is 0.761. The molecule has 0 aliphatic rings. The molecule has 2 aromatic rings. The number of rotatable bonds is 8. The Bertz CT molecular complexity index is 625. The van der Waals surface area contributed by atoms with Gasteiger partial charge in [-0.1, -0.05) is 23.8 Å². The van der Waals surface area contributed by atoms with Gasteiger partial charge in [-0.2, -0.15) is 0 Å². The molecule has 2 rings (SSSR count). The van der Waals surface area contributed by atoms with E-state index in [0.29, 0.717) is 24.7 Å². The monoisotopic (exact) mass is 315 g/mol. The summed E-state index contributed by atoms with van der Waals surface area (Å²) >= 11 is 0. The van der Waals surface area contributed by atoms with Gasteiger partial charge in [-0.15, -0.1) is 0 Å². The Labute approximate surface area is 136 Å². The molecule has 0 heterocycles. The predicted octanol–water partition coefficient (Wildman–Crippen LogP) is 2.58. The van der Waals surface area contributed by atoms with E-state index in [1.54, 1.807) is 13.2 Å². The zero-order chi connectivity index (χ0) is 16.5. The average Bonchev–Trinajstić information content (AvgIpc) is 2.58. The van der Waals surface area contributed by atoms with Crippen molar-refractivity contribution in [3.05, 3.63) is 54.1 Å². The molecule has 0 fully saturated rings. The number of aryl methyl sites for hydroxylation is 1. The highest BCUT2D eigenvalue weighted by Crippen LogP contribution is 2.18. The highest BCUT2D eigenvalue weighted by atomic mass is 16.5. The van der Waals surface area contributed by atoms with E-state index >= 15 is 0 Å². The normalized spacial score (nSPS) is 10.0. The van der Waals surface area contributed by atoms with E-state index in [1.807, 2.05) is 49.4 Å². The molecule has 0 saturated heterocycles. The van der Waals surface area contributed by atoms with Crippen LogP contribution in [-0.2, 0) is 4.79 Å². The molecule has 2 aromatic carbocycles. The molecule has 5 heteroatoms.